The summed E-state index contributed by atoms with van der Waals surface area (Å²) in [6.07, 6.45) is 0. The Morgan fingerprint density at radius 2 is 2.00 bits per heavy atom. The number of carbonyl (C=O) groups excluding carboxylic acids is 2. The molecule has 0 aliphatic heterocycles. The molecule has 23 heavy (non-hydrogen) atoms. The van der Waals surface area contributed by atoms with Gasteiger partial charge in [0, 0.05) is 15.5 Å². The van der Waals surface area contributed by atoms with Gasteiger partial charge in [0.1, 0.15) is 5.00 Å². The van der Waals surface area contributed by atoms with Crippen LogP contribution in [0.5, 0.6) is 0 Å². The fraction of sp³-hybridized carbons (Fsp3) is 0.133. The van der Waals surface area contributed by atoms with Crippen molar-refractivity contribution in [3.63, 3.8) is 0 Å². The van der Waals surface area contributed by atoms with Gasteiger partial charge in [-0.2, -0.15) is 0 Å². The number of anilines is 1. The number of thiophene rings is 1. The number of carbonyl (C=O) groups is 2. The highest BCUT2D eigenvalue weighted by molar-refractivity contribution is 7.80. The second kappa shape index (κ2) is 7.08. The topological polar surface area (TPSA) is 84.2 Å². The fourth-order valence-corrected chi connectivity index (χ4v) is 3.47. The van der Waals surface area contributed by atoms with Crippen LogP contribution in [0.4, 0.5) is 5.00 Å². The van der Waals surface area contributed by atoms with Gasteiger partial charge in [0.15, 0.2) is 5.11 Å². The minimum atomic E-state index is -0.543. The van der Waals surface area contributed by atoms with E-state index in [9.17, 15) is 9.59 Å². The third-order valence-corrected chi connectivity index (χ3v) is 4.73. The molecular weight excluding hydrogens is 354 g/mol. The van der Waals surface area contributed by atoms with E-state index in [0.29, 0.717) is 21.2 Å². The molecule has 8 heteroatoms. The van der Waals surface area contributed by atoms with Gasteiger partial charge in [-0.05, 0) is 49.8 Å². The van der Waals surface area contributed by atoms with Crippen molar-refractivity contribution in [3.05, 3.63) is 50.9 Å². The number of hydrogen-bond acceptors (Lipinski definition) is 4. The van der Waals surface area contributed by atoms with Gasteiger partial charge >= 0.3 is 0 Å². The standard InChI is InChI=1S/C15H14ClN3O2S2/c1-7-8(2)23-14(11(7)12(17)20)19-15(22)18-13(21)9-4-3-5-10(16)6-9/h3-6H,1-2H3,(H2,17,20)(H2,18,19,21,22). The molecule has 0 aliphatic carbocycles. The van der Waals surface area contributed by atoms with Crippen LogP contribution >= 0.6 is 35.2 Å². The minimum Gasteiger partial charge on any atom is -0.365 e. The number of benzene rings is 1. The Kier molecular flexibility index (Phi) is 5.35. The summed E-state index contributed by atoms with van der Waals surface area (Å²) in [6.45, 7) is 3.69. The molecule has 0 saturated heterocycles. The first-order chi connectivity index (χ1) is 10.8. The van der Waals surface area contributed by atoms with E-state index in [2.05, 4.69) is 10.6 Å². The lowest BCUT2D eigenvalue weighted by atomic mass is 10.1. The second-order valence-corrected chi connectivity index (χ2v) is 6.84. The van der Waals surface area contributed by atoms with Crippen LogP contribution in [0, 0.1) is 13.8 Å². The van der Waals surface area contributed by atoms with Crippen molar-refractivity contribution in [2.24, 2.45) is 5.73 Å². The molecule has 0 spiro atoms. The maximum Gasteiger partial charge on any atom is 0.257 e. The van der Waals surface area contributed by atoms with E-state index < -0.39 is 11.8 Å². The Morgan fingerprint density at radius 1 is 1.30 bits per heavy atom. The van der Waals surface area contributed by atoms with Crippen molar-refractivity contribution >= 4 is 57.1 Å². The van der Waals surface area contributed by atoms with Crippen LogP contribution in [0.1, 0.15) is 31.2 Å². The van der Waals surface area contributed by atoms with Crippen molar-refractivity contribution in [1.82, 2.24) is 5.32 Å². The summed E-state index contributed by atoms with van der Waals surface area (Å²) in [5.41, 5.74) is 6.96. The maximum absolute atomic E-state index is 12.1. The Morgan fingerprint density at radius 3 is 2.61 bits per heavy atom. The van der Waals surface area contributed by atoms with E-state index in [1.165, 1.54) is 17.4 Å². The zero-order chi connectivity index (χ0) is 17.1. The monoisotopic (exact) mass is 367 g/mol. The SMILES string of the molecule is Cc1sc(NC(=S)NC(=O)c2cccc(Cl)c2)c(C(N)=O)c1C. The molecule has 2 aromatic rings. The number of aryl methyl sites for hydroxylation is 1. The molecule has 2 rings (SSSR count). The third-order valence-electron chi connectivity index (χ3n) is 3.17. The predicted octanol–water partition coefficient (Wildman–Crippen LogP) is 3.24. The number of primary amides is 1. The second-order valence-electron chi connectivity index (χ2n) is 4.77. The molecule has 0 aliphatic rings. The zero-order valence-corrected chi connectivity index (χ0v) is 14.8. The van der Waals surface area contributed by atoms with Crippen LogP contribution in [0.3, 0.4) is 0 Å². The maximum atomic E-state index is 12.1. The van der Waals surface area contributed by atoms with E-state index in [0.717, 1.165) is 10.4 Å². The molecule has 0 radical (unpaired) electrons. The van der Waals surface area contributed by atoms with E-state index in [4.69, 9.17) is 29.6 Å². The quantitative estimate of drug-likeness (QED) is 0.727. The highest BCUT2D eigenvalue weighted by Gasteiger charge is 2.18. The Balaban J connectivity index is 2.13. The average molecular weight is 368 g/mol. The smallest absolute Gasteiger partial charge is 0.257 e. The van der Waals surface area contributed by atoms with E-state index >= 15 is 0 Å². The van der Waals surface area contributed by atoms with Gasteiger partial charge in [-0.15, -0.1) is 11.3 Å². The molecule has 0 bridgehead atoms. The lowest BCUT2D eigenvalue weighted by molar-refractivity contribution is 0.0975. The van der Waals surface area contributed by atoms with E-state index in [-0.39, 0.29) is 5.11 Å². The van der Waals surface area contributed by atoms with Crippen molar-refractivity contribution in [3.8, 4) is 0 Å². The predicted molar refractivity (Wildman–Crippen MR) is 97.4 cm³/mol. The number of halogens is 1. The lowest BCUT2D eigenvalue weighted by Gasteiger charge is -2.09. The number of hydrogen-bond donors (Lipinski definition) is 3. The number of nitrogens with two attached hydrogens (primary N) is 1. The molecule has 0 atom stereocenters. The Bertz CT molecular complexity index is 802. The molecule has 2 amide bonds. The normalized spacial score (nSPS) is 10.2. The third kappa shape index (κ3) is 4.07. The zero-order valence-electron chi connectivity index (χ0n) is 12.4. The molecule has 120 valence electrons. The van der Waals surface area contributed by atoms with Gasteiger partial charge in [-0.3, -0.25) is 14.9 Å². The summed E-state index contributed by atoms with van der Waals surface area (Å²) in [5.74, 6) is -0.936. The number of amides is 2. The van der Waals surface area contributed by atoms with Gasteiger partial charge in [-0.1, -0.05) is 17.7 Å². The van der Waals surface area contributed by atoms with Crippen molar-refractivity contribution in [2.75, 3.05) is 5.32 Å². The lowest BCUT2D eigenvalue weighted by Crippen LogP contribution is -2.34. The Labute approximate surface area is 147 Å². The first-order valence-corrected chi connectivity index (χ1v) is 8.17. The van der Waals surface area contributed by atoms with Crippen molar-refractivity contribution in [1.29, 1.82) is 0 Å². The summed E-state index contributed by atoms with van der Waals surface area (Å²) in [5, 5.41) is 6.45. The van der Waals surface area contributed by atoms with Crippen LogP contribution in [0.2, 0.25) is 5.02 Å². The largest absolute Gasteiger partial charge is 0.365 e. The molecule has 1 aromatic carbocycles. The van der Waals surface area contributed by atoms with Crippen LogP contribution in [0.15, 0.2) is 24.3 Å². The van der Waals surface area contributed by atoms with E-state index in [1.807, 2.05) is 13.8 Å². The summed E-state index contributed by atoms with van der Waals surface area (Å²) < 4.78 is 0. The average Bonchev–Trinajstić information content (AvgIpc) is 2.73. The van der Waals surface area contributed by atoms with Gasteiger partial charge in [0.05, 0.1) is 5.56 Å². The van der Waals surface area contributed by atoms with Crippen LogP contribution in [0.25, 0.3) is 0 Å². The van der Waals surface area contributed by atoms with Gasteiger partial charge in [0.2, 0.25) is 0 Å². The van der Waals surface area contributed by atoms with Crippen LogP contribution in [-0.4, -0.2) is 16.9 Å². The minimum absolute atomic E-state index is 0.0822. The summed E-state index contributed by atoms with van der Waals surface area (Å²) in [4.78, 5) is 24.6. The van der Waals surface area contributed by atoms with E-state index in [1.54, 1.807) is 18.2 Å². The molecule has 0 saturated carbocycles. The number of rotatable bonds is 3. The number of thiocarbonyl (C=S) groups is 1. The molecule has 0 fully saturated rings. The molecule has 4 N–H and O–H groups in total. The van der Waals surface area contributed by atoms with Crippen molar-refractivity contribution < 1.29 is 9.59 Å². The molecule has 1 aromatic heterocycles. The van der Waals surface area contributed by atoms with Gasteiger partial charge < -0.3 is 11.1 Å². The summed E-state index contributed by atoms with van der Waals surface area (Å²) in [6, 6.07) is 6.50. The molecule has 5 nitrogen and oxygen atoms in total. The molecule has 0 unspecified atom stereocenters. The first kappa shape index (κ1) is 17.4. The summed E-state index contributed by atoms with van der Waals surface area (Å²) in [7, 11) is 0. The van der Waals surface area contributed by atoms with Gasteiger partial charge in [-0.25, -0.2) is 0 Å². The van der Waals surface area contributed by atoms with Gasteiger partial charge in [0.25, 0.3) is 11.8 Å². The van der Waals surface area contributed by atoms with Crippen LogP contribution < -0.4 is 16.4 Å². The van der Waals surface area contributed by atoms with Crippen LogP contribution in [-0.2, 0) is 0 Å². The molecular formula is C15H14ClN3O2S2. The fourth-order valence-electron chi connectivity index (χ4n) is 1.95. The number of nitrogens with one attached hydrogen (secondary N) is 2. The molecule has 1 heterocycles. The van der Waals surface area contributed by atoms with Crippen molar-refractivity contribution in [2.45, 2.75) is 13.8 Å². The first-order valence-electron chi connectivity index (χ1n) is 6.57. The summed E-state index contributed by atoms with van der Waals surface area (Å²) >= 11 is 12.3. The highest BCUT2D eigenvalue weighted by atomic mass is 35.5. The highest BCUT2D eigenvalue weighted by Crippen LogP contribution is 2.31. The Hall–Kier alpha value is -1.96.